The third kappa shape index (κ3) is 9.68. The van der Waals surface area contributed by atoms with Gasteiger partial charge in [0.05, 0.1) is 20.8 Å². The average molecular weight is 727 g/mol. The highest BCUT2D eigenvalue weighted by atomic mass is 16.5. The molecule has 0 radical (unpaired) electrons. The lowest BCUT2D eigenvalue weighted by atomic mass is 9.80. The molecule has 14 nitrogen and oxygen atoms in total. The van der Waals surface area contributed by atoms with Crippen molar-refractivity contribution in [1.82, 2.24) is 29.7 Å². The molecule has 14 heteroatoms. The van der Waals surface area contributed by atoms with Gasteiger partial charge in [-0.05, 0) is 71.0 Å². The Morgan fingerprint density at radius 2 is 1.13 bits per heavy atom. The fourth-order valence-corrected chi connectivity index (χ4v) is 6.74. The number of hydrogen-bond acceptors (Lipinski definition) is 14. The number of methoxy groups -OCH3 is 2. The molecule has 6 rings (SSSR count). The number of rotatable bonds is 18. The van der Waals surface area contributed by atoms with Crippen LogP contribution in [0, 0.1) is 19.8 Å². The van der Waals surface area contributed by atoms with Gasteiger partial charge in [-0.2, -0.15) is 9.97 Å². The third-order valence-electron chi connectivity index (χ3n) is 10.2. The fraction of sp³-hybridized carbons (Fsp3) is 0.487. The number of nitrogens with zero attached hydrogens (tertiary/aromatic N) is 6. The van der Waals surface area contributed by atoms with E-state index in [0.29, 0.717) is 53.8 Å². The normalized spacial score (nSPS) is 19.2. The number of benzene rings is 2. The zero-order valence-electron chi connectivity index (χ0n) is 32.2. The molecule has 0 spiro atoms. The van der Waals surface area contributed by atoms with E-state index in [1.165, 1.54) is 0 Å². The Hall–Kier alpha value is -5.08. The van der Waals surface area contributed by atoms with E-state index in [9.17, 15) is 0 Å². The van der Waals surface area contributed by atoms with E-state index >= 15 is 0 Å². The van der Waals surface area contributed by atoms with Crippen molar-refractivity contribution in [3.8, 4) is 23.0 Å². The van der Waals surface area contributed by atoms with Gasteiger partial charge >= 0.3 is 0 Å². The SMILES string of the molecule is CNc1cc(C)nc(Nc2ccc(OC)c(OC[C@H]3C[C@@H](N(C)CCN(C)[C@H]4C[C@@H](Oc5cc(Nc6nc(C)cc(NC)n6)ccc5OC)C4)C3)c2)n1. The van der Waals surface area contributed by atoms with Crippen LogP contribution in [0.25, 0.3) is 0 Å². The molecule has 0 atom stereocenters. The number of aryl methyl sites for hydroxylation is 2. The molecule has 2 aromatic carbocycles. The van der Waals surface area contributed by atoms with E-state index in [1.807, 2.05) is 76.5 Å². The van der Waals surface area contributed by atoms with E-state index < -0.39 is 0 Å². The van der Waals surface area contributed by atoms with Crippen LogP contribution in [0.2, 0.25) is 0 Å². The van der Waals surface area contributed by atoms with Crippen LogP contribution < -0.4 is 40.2 Å². The van der Waals surface area contributed by atoms with Gasteiger partial charge in [-0.1, -0.05) is 0 Å². The summed E-state index contributed by atoms with van der Waals surface area (Å²) in [7, 11) is 11.5. The summed E-state index contributed by atoms with van der Waals surface area (Å²) in [5.74, 6) is 5.92. The van der Waals surface area contributed by atoms with E-state index in [0.717, 1.165) is 78.9 Å². The van der Waals surface area contributed by atoms with Crippen LogP contribution in [0.1, 0.15) is 37.1 Å². The second-order valence-electron chi connectivity index (χ2n) is 14.0. The van der Waals surface area contributed by atoms with Gasteiger partial charge in [-0.3, -0.25) is 0 Å². The maximum atomic E-state index is 6.43. The summed E-state index contributed by atoms with van der Waals surface area (Å²) in [5.41, 5.74) is 3.43. The van der Waals surface area contributed by atoms with Crippen LogP contribution in [0.3, 0.4) is 0 Å². The number of likely N-dealkylation sites (N-methyl/N-ethyl adjacent to an activating group) is 2. The molecular weight excluding hydrogens is 672 g/mol. The van der Waals surface area contributed by atoms with Crippen LogP contribution >= 0.6 is 0 Å². The zero-order chi connectivity index (χ0) is 37.5. The molecule has 2 aromatic heterocycles. The minimum atomic E-state index is 0.139. The Balaban J connectivity index is 0.916. The molecule has 2 aliphatic carbocycles. The first kappa shape index (κ1) is 37.7. The minimum Gasteiger partial charge on any atom is -0.493 e. The highest BCUT2D eigenvalue weighted by Crippen LogP contribution is 2.38. The molecule has 0 unspecified atom stereocenters. The van der Waals surface area contributed by atoms with Crippen LogP contribution in [0.4, 0.5) is 34.9 Å². The zero-order valence-corrected chi connectivity index (χ0v) is 32.2. The van der Waals surface area contributed by atoms with Gasteiger partial charge in [-0.15, -0.1) is 0 Å². The maximum Gasteiger partial charge on any atom is 0.229 e. The third-order valence-corrected chi connectivity index (χ3v) is 10.2. The number of anilines is 6. The summed E-state index contributed by atoms with van der Waals surface area (Å²) < 4.78 is 23.9. The van der Waals surface area contributed by atoms with Gasteiger partial charge in [0.1, 0.15) is 17.7 Å². The van der Waals surface area contributed by atoms with Crippen molar-refractivity contribution in [3.05, 3.63) is 59.9 Å². The van der Waals surface area contributed by atoms with Gasteiger partial charge < -0.3 is 50.0 Å². The van der Waals surface area contributed by atoms with Crippen molar-refractivity contribution in [2.75, 3.05) is 83.4 Å². The largest absolute Gasteiger partial charge is 0.493 e. The number of hydrogen-bond donors (Lipinski definition) is 4. The first-order valence-electron chi connectivity index (χ1n) is 18.3. The Bertz CT molecular complexity index is 1830. The van der Waals surface area contributed by atoms with E-state index in [4.69, 9.17) is 18.9 Å². The molecule has 0 bridgehead atoms. The molecule has 2 saturated carbocycles. The van der Waals surface area contributed by atoms with Crippen molar-refractivity contribution in [1.29, 1.82) is 0 Å². The van der Waals surface area contributed by atoms with Crippen LogP contribution in [-0.4, -0.2) is 110 Å². The predicted molar refractivity (Wildman–Crippen MR) is 210 cm³/mol. The lowest BCUT2D eigenvalue weighted by Gasteiger charge is -2.44. The summed E-state index contributed by atoms with van der Waals surface area (Å²) in [6.07, 6.45) is 4.33. The first-order valence-corrected chi connectivity index (χ1v) is 18.3. The van der Waals surface area contributed by atoms with Crippen molar-refractivity contribution < 1.29 is 18.9 Å². The Morgan fingerprint density at radius 1 is 0.642 bits per heavy atom. The Morgan fingerprint density at radius 3 is 1.64 bits per heavy atom. The van der Waals surface area contributed by atoms with Crippen molar-refractivity contribution in [3.63, 3.8) is 0 Å². The molecule has 2 aliphatic rings. The smallest absolute Gasteiger partial charge is 0.229 e. The van der Waals surface area contributed by atoms with Crippen molar-refractivity contribution >= 4 is 34.9 Å². The molecule has 4 aromatic rings. The summed E-state index contributed by atoms with van der Waals surface area (Å²) in [5, 5.41) is 12.7. The predicted octanol–water partition coefficient (Wildman–Crippen LogP) is 6.10. The van der Waals surface area contributed by atoms with Gasteiger partial charge in [-0.25, -0.2) is 9.97 Å². The number of aromatic nitrogens is 4. The van der Waals surface area contributed by atoms with E-state index in [1.54, 1.807) is 14.2 Å². The molecule has 2 heterocycles. The van der Waals surface area contributed by atoms with Crippen LogP contribution in [0.5, 0.6) is 23.0 Å². The van der Waals surface area contributed by atoms with Gasteiger partial charge in [0.25, 0.3) is 0 Å². The number of ether oxygens (including phenoxy) is 4. The monoisotopic (exact) mass is 726 g/mol. The molecular formula is C39H54N10O4. The maximum absolute atomic E-state index is 6.43. The molecule has 2 fully saturated rings. The highest BCUT2D eigenvalue weighted by Gasteiger charge is 2.36. The van der Waals surface area contributed by atoms with E-state index in [-0.39, 0.29) is 6.10 Å². The van der Waals surface area contributed by atoms with E-state index in [2.05, 4.69) is 65.1 Å². The second-order valence-corrected chi connectivity index (χ2v) is 14.0. The fourth-order valence-electron chi connectivity index (χ4n) is 6.74. The molecule has 0 aliphatic heterocycles. The summed E-state index contributed by atoms with van der Waals surface area (Å²) in [4.78, 5) is 23.0. The van der Waals surface area contributed by atoms with Gasteiger partial charge in [0, 0.05) is 99.1 Å². The first-order chi connectivity index (χ1) is 25.6. The average Bonchev–Trinajstić information content (AvgIpc) is 3.10. The summed E-state index contributed by atoms with van der Waals surface area (Å²) in [6.45, 7) is 6.57. The van der Waals surface area contributed by atoms with Crippen molar-refractivity contribution in [2.24, 2.45) is 5.92 Å². The lowest BCUT2D eigenvalue weighted by Crippen LogP contribution is -2.51. The van der Waals surface area contributed by atoms with Crippen LogP contribution in [-0.2, 0) is 0 Å². The minimum absolute atomic E-state index is 0.139. The van der Waals surface area contributed by atoms with Crippen molar-refractivity contribution in [2.45, 2.75) is 57.7 Å². The topological polar surface area (TPSA) is 143 Å². The molecule has 4 N–H and O–H groups in total. The second kappa shape index (κ2) is 17.2. The molecule has 0 saturated heterocycles. The Labute approximate surface area is 313 Å². The molecule has 53 heavy (non-hydrogen) atoms. The van der Waals surface area contributed by atoms with Crippen LogP contribution in [0.15, 0.2) is 48.5 Å². The molecule has 284 valence electrons. The highest BCUT2D eigenvalue weighted by molar-refractivity contribution is 5.62. The van der Waals surface area contributed by atoms with Gasteiger partial charge in [0.2, 0.25) is 11.9 Å². The quantitative estimate of drug-likeness (QED) is 0.0938. The summed E-state index contributed by atoms with van der Waals surface area (Å²) in [6, 6.07) is 16.5. The summed E-state index contributed by atoms with van der Waals surface area (Å²) >= 11 is 0. The lowest BCUT2D eigenvalue weighted by molar-refractivity contribution is 0.0159. The Kier molecular flexibility index (Phi) is 12.2. The number of nitrogens with one attached hydrogen (secondary N) is 4. The molecule has 0 amide bonds. The standard InChI is InChI=1S/C39H54N10O4/c1-24-15-36(40-3)46-38(42-24)44-27-9-11-32(50-7)34(19-27)52-23-26-17-29(18-26)48(5)13-14-49(6)30-21-31(22-30)53-35-20-28(10-12-33(35)51-8)45-39-43-25(2)16-37(41-4)47-39/h9-12,15-16,19-20,26,29-31H,13-14,17-18,21-23H2,1-8H3,(H2,40,42,44,46)(H2,41,43,45,47)/t26-,29+,30-,31+. The van der Waals surface area contributed by atoms with Gasteiger partial charge in [0.15, 0.2) is 23.0 Å².